The predicted molar refractivity (Wildman–Crippen MR) is 97.0 cm³/mol. The van der Waals surface area contributed by atoms with Gasteiger partial charge in [-0.2, -0.15) is 0 Å². The van der Waals surface area contributed by atoms with Gasteiger partial charge in [0.05, 0.1) is 13.2 Å². The minimum atomic E-state index is -0.178. The van der Waals surface area contributed by atoms with Crippen LogP contribution in [-0.2, 0) is 4.79 Å². The Morgan fingerprint density at radius 3 is 2.38 bits per heavy atom. The van der Waals surface area contributed by atoms with Crippen LogP contribution in [0.25, 0.3) is 0 Å². The molecule has 1 heterocycles. The van der Waals surface area contributed by atoms with Crippen LogP contribution in [0.15, 0.2) is 24.3 Å². The van der Waals surface area contributed by atoms with Crippen LogP contribution in [-0.4, -0.2) is 43.6 Å². The van der Waals surface area contributed by atoms with E-state index in [1.165, 1.54) is 24.8 Å². The molecule has 3 atom stereocenters. The summed E-state index contributed by atoms with van der Waals surface area (Å²) in [6.45, 7) is 6.52. The molecule has 0 aromatic heterocycles. The Hall–Kier alpha value is -1.59. The standard InChI is InChI=1S/C19H31N3O2/c1-14(15(2)20)19(23)21-13-18(22-11-5-4-6-12-22)16-7-9-17(24-3)10-8-16/h7-10,14-15,18H,4-6,11-13,20H2,1-3H3,(H,21,23). The van der Waals surface area contributed by atoms with Gasteiger partial charge in [0.25, 0.3) is 0 Å². The van der Waals surface area contributed by atoms with E-state index in [2.05, 4.69) is 22.3 Å². The second kappa shape index (κ2) is 9.04. The normalized spacial score (nSPS) is 19.3. The number of ether oxygens (including phenoxy) is 1. The van der Waals surface area contributed by atoms with Crippen molar-refractivity contribution < 1.29 is 9.53 Å². The summed E-state index contributed by atoms with van der Waals surface area (Å²) < 4.78 is 5.25. The molecule has 2 rings (SSSR count). The number of nitrogens with two attached hydrogens (primary N) is 1. The predicted octanol–water partition coefficient (Wildman–Crippen LogP) is 2.32. The van der Waals surface area contributed by atoms with Gasteiger partial charge in [-0.1, -0.05) is 25.5 Å². The molecule has 3 unspecified atom stereocenters. The third-order valence-corrected chi connectivity index (χ3v) is 5.00. The van der Waals surface area contributed by atoms with Crippen LogP contribution >= 0.6 is 0 Å². The van der Waals surface area contributed by atoms with Gasteiger partial charge in [0.2, 0.25) is 5.91 Å². The Balaban J connectivity index is 2.08. The maximum absolute atomic E-state index is 12.3. The van der Waals surface area contributed by atoms with E-state index < -0.39 is 0 Å². The second-order valence-corrected chi connectivity index (χ2v) is 6.78. The molecule has 1 amide bonds. The quantitative estimate of drug-likeness (QED) is 0.803. The molecule has 0 saturated carbocycles. The first-order valence-electron chi connectivity index (χ1n) is 8.94. The van der Waals surface area contributed by atoms with Gasteiger partial charge in [0.15, 0.2) is 0 Å². The van der Waals surface area contributed by atoms with Crippen molar-refractivity contribution in [2.75, 3.05) is 26.7 Å². The number of carbonyl (C=O) groups is 1. The first-order valence-corrected chi connectivity index (χ1v) is 8.94. The first-order chi connectivity index (χ1) is 11.5. The Bertz CT molecular complexity index is 510. The first kappa shape index (κ1) is 18.7. The lowest BCUT2D eigenvalue weighted by Crippen LogP contribution is -2.44. The summed E-state index contributed by atoms with van der Waals surface area (Å²) >= 11 is 0. The van der Waals surface area contributed by atoms with E-state index in [1.54, 1.807) is 7.11 Å². The smallest absolute Gasteiger partial charge is 0.224 e. The molecule has 1 aliphatic rings. The lowest BCUT2D eigenvalue weighted by Gasteiger charge is -2.35. The minimum Gasteiger partial charge on any atom is -0.497 e. The van der Waals surface area contributed by atoms with Crippen molar-refractivity contribution in [2.45, 2.75) is 45.2 Å². The maximum Gasteiger partial charge on any atom is 0.224 e. The lowest BCUT2D eigenvalue weighted by atomic mass is 10.00. The van der Waals surface area contributed by atoms with Gasteiger partial charge in [0.1, 0.15) is 5.75 Å². The Labute approximate surface area is 145 Å². The number of rotatable bonds is 7. The van der Waals surface area contributed by atoms with Crippen molar-refractivity contribution >= 4 is 5.91 Å². The molecule has 0 radical (unpaired) electrons. The molecule has 1 aromatic carbocycles. The number of amides is 1. The molecule has 1 fully saturated rings. The van der Waals surface area contributed by atoms with Crippen LogP contribution in [0, 0.1) is 5.92 Å². The highest BCUT2D eigenvalue weighted by Crippen LogP contribution is 2.26. The molecule has 0 bridgehead atoms. The molecule has 134 valence electrons. The van der Waals surface area contributed by atoms with Crippen LogP contribution in [0.1, 0.15) is 44.7 Å². The van der Waals surface area contributed by atoms with Crippen LogP contribution in [0.5, 0.6) is 5.75 Å². The fourth-order valence-corrected chi connectivity index (χ4v) is 3.11. The zero-order chi connectivity index (χ0) is 17.5. The van der Waals surface area contributed by atoms with Crippen molar-refractivity contribution in [3.05, 3.63) is 29.8 Å². The van der Waals surface area contributed by atoms with Gasteiger partial charge < -0.3 is 15.8 Å². The van der Waals surface area contributed by atoms with E-state index in [9.17, 15) is 4.79 Å². The van der Waals surface area contributed by atoms with Crippen molar-refractivity contribution in [1.82, 2.24) is 10.2 Å². The number of hydrogen-bond donors (Lipinski definition) is 2. The van der Waals surface area contributed by atoms with Gasteiger partial charge in [-0.3, -0.25) is 9.69 Å². The molecule has 0 aliphatic carbocycles. The maximum atomic E-state index is 12.3. The summed E-state index contributed by atoms with van der Waals surface area (Å²) in [7, 11) is 1.67. The molecular weight excluding hydrogens is 302 g/mol. The fraction of sp³-hybridized carbons (Fsp3) is 0.632. The summed E-state index contributed by atoms with van der Waals surface area (Å²) in [5.41, 5.74) is 7.06. The molecule has 3 N–H and O–H groups in total. The van der Waals surface area contributed by atoms with Gasteiger partial charge in [-0.25, -0.2) is 0 Å². The molecule has 1 saturated heterocycles. The van der Waals surface area contributed by atoms with Gasteiger partial charge in [-0.05, 0) is 50.6 Å². The van der Waals surface area contributed by atoms with E-state index in [-0.39, 0.29) is 23.9 Å². The summed E-state index contributed by atoms with van der Waals surface area (Å²) in [6, 6.07) is 8.22. The SMILES string of the molecule is COc1ccc(C(CNC(=O)C(C)C(C)N)N2CCCCC2)cc1. The Kier molecular flexibility index (Phi) is 7.06. The number of benzene rings is 1. The number of nitrogens with zero attached hydrogens (tertiary/aromatic N) is 1. The highest BCUT2D eigenvalue weighted by molar-refractivity contribution is 5.78. The van der Waals surface area contributed by atoms with Crippen LogP contribution in [0.4, 0.5) is 0 Å². The highest BCUT2D eigenvalue weighted by Gasteiger charge is 2.24. The largest absolute Gasteiger partial charge is 0.497 e. The van der Waals surface area contributed by atoms with E-state index in [0.29, 0.717) is 6.54 Å². The Morgan fingerprint density at radius 2 is 1.83 bits per heavy atom. The molecule has 0 spiro atoms. The van der Waals surface area contributed by atoms with E-state index in [4.69, 9.17) is 10.5 Å². The third kappa shape index (κ3) is 4.95. The van der Waals surface area contributed by atoms with Gasteiger partial charge in [-0.15, -0.1) is 0 Å². The monoisotopic (exact) mass is 333 g/mol. The molecule has 5 heteroatoms. The van der Waals surface area contributed by atoms with Crippen molar-refractivity contribution in [3.63, 3.8) is 0 Å². The van der Waals surface area contributed by atoms with E-state index in [0.717, 1.165) is 18.8 Å². The number of nitrogens with one attached hydrogen (secondary N) is 1. The summed E-state index contributed by atoms with van der Waals surface area (Å²) in [5, 5.41) is 3.10. The summed E-state index contributed by atoms with van der Waals surface area (Å²) in [4.78, 5) is 14.7. The zero-order valence-corrected chi connectivity index (χ0v) is 15.1. The lowest BCUT2D eigenvalue weighted by molar-refractivity contribution is -0.125. The molecule has 1 aliphatic heterocycles. The number of likely N-dealkylation sites (tertiary alicyclic amines) is 1. The number of carbonyl (C=O) groups excluding carboxylic acids is 1. The van der Waals surface area contributed by atoms with E-state index in [1.807, 2.05) is 26.0 Å². The molecule has 24 heavy (non-hydrogen) atoms. The zero-order valence-electron chi connectivity index (χ0n) is 15.1. The van der Waals surface area contributed by atoms with Crippen molar-refractivity contribution in [3.8, 4) is 5.75 Å². The Morgan fingerprint density at radius 1 is 1.21 bits per heavy atom. The average Bonchev–Trinajstić information content (AvgIpc) is 2.62. The fourth-order valence-electron chi connectivity index (χ4n) is 3.11. The van der Waals surface area contributed by atoms with Crippen molar-refractivity contribution in [1.29, 1.82) is 0 Å². The molecule has 5 nitrogen and oxygen atoms in total. The summed E-state index contributed by atoms with van der Waals surface area (Å²) in [5.74, 6) is 0.703. The van der Waals surface area contributed by atoms with Gasteiger partial charge >= 0.3 is 0 Å². The summed E-state index contributed by atoms with van der Waals surface area (Å²) in [6.07, 6.45) is 3.73. The average molecular weight is 333 g/mol. The number of hydrogen-bond acceptors (Lipinski definition) is 4. The topological polar surface area (TPSA) is 67.6 Å². The van der Waals surface area contributed by atoms with E-state index >= 15 is 0 Å². The molecular formula is C19H31N3O2. The van der Waals surface area contributed by atoms with Crippen LogP contribution < -0.4 is 15.8 Å². The van der Waals surface area contributed by atoms with Gasteiger partial charge in [0, 0.05) is 18.5 Å². The minimum absolute atomic E-state index is 0.0283. The van der Waals surface area contributed by atoms with Crippen LogP contribution in [0.3, 0.4) is 0 Å². The third-order valence-electron chi connectivity index (χ3n) is 5.00. The molecule has 1 aromatic rings. The highest BCUT2D eigenvalue weighted by atomic mass is 16.5. The van der Waals surface area contributed by atoms with Crippen molar-refractivity contribution in [2.24, 2.45) is 11.7 Å². The van der Waals surface area contributed by atoms with Crippen LogP contribution in [0.2, 0.25) is 0 Å². The second-order valence-electron chi connectivity index (χ2n) is 6.78. The number of methoxy groups -OCH3 is 1. The number of piperidine rings is 1.